The third-order valence-corrected chi connectivity index (χ3v) is 2.49. The predicted octanol–water partition coefficient (Wildman–Crippen LogP) is 2.54. The van der Waals surface area contributed by atoms with Gasteiger partial charge < -0.3 is 15.0 Å². The van der Waals surface area contributed by atoms with E-state index in [9.17, 15) is 13.2 Å². The van der Waals surface area contributed by atoms with E-state index in [0.717, 1.165) is 0 Å². The molecule has 0 saturated carbocycles. The lowest BCUT2D eigenvalue weighted by Crippen LogP contribution is -2.14. The van der Waals surface area contributed by atoms with Crippen molar-refractivity contribution in [3.63, 3.8) is 0 Å². The highest BCUT2D eigenvalue weighted by atomic mass is 19.4. The van der Waals surface area contributed by atoms with Gasteiger partial charge in [-0.1, -0.05) is 17.3 Å². The third-order valence-electron chi connectivity index (χ3n) is 2.49. The Bertz CT molecular complexity index is 583. The van der Waals surface area contributed by atoms with E-state index in [1.54, 1.807) is 24.3 Å². The first-order valence-electron chi connectivity index (χ1n) is 5.81. The van der Waals surface area contributed by atoms with E-state index in [2.05, 4.69) is 14.7 Å². The molecule has 1 heterocycles. The Kier molecular flexibility index (Phi) is 3.93. The fourth-order valence-electron chi connectivity index (χ4n) is 1.59. The molecule has 8 heteroatoms. The summed E-state index contributed by atoms with van der Waals surface area (Å²) in [6.07, 6.45) is -4.68. The highest BCUT2D eigenvalue weighted by Crippen LogP contribution is 2.29. The molecule has 0 spiro atoms. The molecular formula is C12H12F3N3O2. The molecule has 0 saturated heterocycles. The van der Waals surface area contributed by atoms with Crippen molar-refractivity contribution in [2.45, 2.75) is 19.1 Å². The molecule has 20 heavy (non-hydrogen) atoms. The molecule has 0 aliphatic heterocycles. The average molecular weight is 287 g/mol. The van der Waals surface area contributed by atoms with Crippen molar-refractivity contribution in [2.75, 3.05) is 6.61 Å². The van der Waals surface area contributed by atoms with Gasteiger partial charge >= 0.3 is 12.1 Å². The van der Waals surface area contributed by atoms with Gasteiger partial charge in [0.25, 0.3) is 0 Å². The van der Waals surface area contributed by atoms with Crippen molar-refractivity contribution in [1.82, 2.24) is 10.1 Å². The summed E-state index contributed by atoms with van der Waals surface area (Å²) >= 11 is 0. The zero-order valence-electron chi connectivity index (χ0n) is 10.5. The number of halogens is 3. The molecular weight excluding hydrogens is 275 g/mol. The van der Waals surface area contributed by atoms with Crippen LogP contribution in [-0.2, 0) is 6.18 Å². The summed E-state index contributed by atoms with van der Waals surface area (Å²) in [5.41, 5.74) is 6.36. The number of alkyl halides is 3. The summed E-state index contributed by atoms with van der Waals surface area (Å²) in [7, 11) is 0. The number of aromatic nitrogens is 2. The summed E-state index contributed by atoms with van der Waals surface area (Å²) < 4.78 is 46.6. The molecule has 0 aliphatic carbocycles. The minimum absolute atomic E-state index is 0.231. The van der Waals surface area contributed by atoms with Crippen molar-refractivity contribution in [3.8, 4) is 5.75 Å². The van der Waals surface area contributed by atoms with Crippen molar-refractivity contribution < 1.29 is 22.4 Å². The largest absolute Gasteiger partial charge is 0.494 e. The van der Waals surface area contributed by atoms with Crippen LogP contribution in [0.2, 0.25) is 0 Å². The summed E-state index contributed by atoms with van der Waals surface area (Å²) in [6, 6.07) is 5.76. The van der Waals surface area contributed by atoms with Gasteiger partial charge in [-0.2, -0.15) is 18.2 Å². The fourth-order valence-corrected chi connectivity index (χ4v) is 1.59. The topological polar surface area (TPSA) is 74.2 Å². The quantitative estimate of drug-likeness (QED) is 0.935. The van der Waals surface area contributed by atoms with Crippen LogP contribution in [0.1, 0.15) is 30.2 Å². The maximum absolute atomic E-state index is 12.4. The van der Waals surface area contributed by atoms with E-state index in [4.69, 9.17) is 10.5 Å². The van der Waals surface area contributed by atoms with Crippen molar-refractivity contribution in [1.29, 1.82) is 0 Å². The van der Waals surface area contributed by atoms with E-state index < -0.39 is 18.1 Å². The van der Waals surface area contributed by atoms with Crippen LogP contribution < -0.4 is 10.5 Å². The van der Waals surface area contributed by atoms with Gasteiger partial charge in [0.1, 0.15) is 5.75 Å². The van der Waals surface area contributed by atoms with E-state index >= 15 is 0 Å². The SMILES string of the molecule is CCOc1cccc(C(N)c2noc(C(F)(F)F)n2)c1. The molecule has 2 aromatic rings. The minimum Gasteiger partial charge on any atom is -0.494 e. The normalized spacial score (nSPS) is 13.2. The predicted molar refractivity (Wildman–Crippen MR) is 62.9 cm³/mol. The molecule has 0 fully saturated rings. The summed E-state index contributed by atoms with van der Waals surface area (Å²) in [6.45, 7) is 2.29. The second-order valence-electron chi connectivity index (χ2n) is 3.94. The van der Waals surface area contributed by atoms with Gasteiger partial charge in [-0.3, -0.25) is 0 Å². The maximum atomic E-state index is 12.4. The van der Waals surface area contributed by atoms with Crippen LogP contribution in [0.15, 0.2) is 28.8 Å². The molecule has 2 N–H and O–H groups in total. The Labute approximate surface area is 112 Å². The minimum atomic E-state index is -4.68. The fraction of sp³-hybridized carbons (Fsp3) is 0.333. The van der Waals surface area contributed by atoms with E-state index in [1.807, 2.05) is 6.92 Å². The van der Waals surface area contributed by atoms with Crippen LogP contribution in [0, 0.1) is 0 Å². The Morgan fingerprint density at radius 3 is 2.75 bits per heavy atom. The summed E-state index contributed by atoms with van der Waals surface area (Å²) in [4.78, 5) is 3.26. The van der Waals surface area contributed by atoms with Crippen LogP contribution in [-0.4, -0.2) is 16.7 Å². The number of ether oxygens (including phenoxy) is 1. The summed E-state index contributed by atoms with van der Waals surface area (Å²) in [5, 5.41) is 3.26. The van der Waals surface area contributed by atoms with Crippen LogP contribution >= 0.6 is 0 Å². The number of hydrogen-bond acceptors (Lipinski definition) is 5. The number of nitrogens with zero attached hydrogens (tertiary/aromatic N) is 2. The average Bonchev–Trinajstić information content (AvgIpc) is 2.88. The lowest BCUT2D eigenvalue weighted by atomic mass is 10.1. The molecule has 108 valence electrons. The maximum Gasteiger partial charge on any atom is 0.471 e. The molecule has 5 nitrogen and oxygen atoms in total. The Morgan fingerprint density at radius 2 is 2.15 bits per heavy atom. The van der Waals surface area contributed by atoms with Gasteiger partial charge in [0, 0.05) is 0 Å². The first-order chi connectivity index (χ1) is 9.41. The van der Waals surface area contributed by atoms with E-state index in [1.165, 1.54) is 0 Å². The number of benzene rings is 1. The monoisotopic (exact) mass is 287 g/mol. The molecule has 1 aromatic heterocycles. The van der Waals surface area contributed by atoms with Crippen LogP contribution in [0.4, 0.5) is 13.2 Å². The molecule has 0 amide bonds. The van der Waals surface area contributed by atoms with Crippen LogP contribution in [0.3, 0.4) is 0 Å². The molecule has 2 rings (SSSR count). The second-order valence-corrected chi connectivity index (χ2v) is 3.94. The zero-order chi connectivity index (χ0) is 14.8. The lowest BCUT2D eigenvalue weighted by molar-refractivity contribution is -0.159. The van der Waals surface area contributed by atoms with Gasteiger partial charge in [-0.15, -0.1) is 0 Å². The first-order valence-corrected chi connectivity index (χ1v) is 5.81. The van der Waals surface area contributed by atoms with Gasteiger partial charge in [-0.25, -0.2) is 0 Å². The van der Waals surface area contributed by atoms with Crippen molar-refractivity contribution in [3.05, 3.63) is 41.5 Å². The molecule has 1 unspecified atom stereocenters. The molecule has 0 bridgehead atoms. The summed E-state index contributed by atoms with van der Waals surface area (Å²) in [5.74, 6) is -1.07. The van der Waals surface area contributed by atoms with E-state index in [-0.39, 0.29) is 5.82 Å². The number of rotatable bonds is 4. The number of hydrogen-bond donors (Lipinski definition) is 1. The Balaban J connectivity index is 2.24. The van der Waals surface area contributed by atoms with Gasteiger partial charge in [-0.05, 0) is 24.6 Å². The smallest absolute Gasteiger partial charge is 0.471 e. The lowest BCUT2D eigenvalue weighted by Gasteiger charge is -2.09. The highest BCUT2D eigenvalue weighted by molar-refractivity contribution is 5.32. The number of nitrogens with two attached hydrogens (primary N) is 1. The molecule has 0 aliphatic rings. The van der Waals surface area contributed by atoms with E-state index in [0.29, 0.717) is 17.9 Å². The zero-order valence-corrected chi connectivity index (χ0v) is 10.5. The Hall–Kier alpha value is -2.09. The van der Waals surface area contributed by atoms with Crippen LogP contribution in [0.5, 0.6) is 5.75 Å². The first kappa shape index (κ1) is 14.3. The third kappa shape index (κ3) is 3.08. The van der Waals surface area contributed by atoms with Crippen molar-refractivity contribution in [2.24, 2.45) is 5.73 Å². The van der Waals surface area contributed by atoms with Crippen molar-refractivity contribution >= 4 is 0 Å². The van der Waals surface area contributed by atoms with Gasteiger partial charge in [0.15, 0.2) is 5.82 Å². The second kappa shape index (κ2) is 5.49. The Morgan fingerprint density at radius 1 is 1.40 bits per heavy atom. The molecule has 1 aromatic carbocycles. The highest BCUT2D eigenvalue weighted by Gasteiger charge is 2.39. The van der Waals surface area contributed by atoms with Gasteiger partial charge in [0.2, 0.25) is 0 Å². The standard InChI is InChI=1S/C12H12F3N3O2/c1-2-19-8-5-3-4-7(6-8)9(16)10-17-11(20-18-10)12(13,14)15/h3-6,9H,2,16H2,1H3. The van der Waals surface area contributed by atoms with Crippen LogP contribution in [0.25, 0.3) is 0 Å². The molecule has 1 atom stereocenters. The van der Waals surface area contributed by atoms with Gasteiger partial charge in [0.05, 0.1) is 12.6 Å². The molecule has 0 radical (unpaired) electrons.